The maximum Gasteiger partial charge on any atom is 0.309 e. The highest BCUT2D eigenvalue weighted by Gasteiger charge is 2.30. The Kier molecular flexibility index (Phi) is 9.40. The molecule has 1 aromatic rings. The molecule has 168 valence electrons. The molecule has 1 unspecified atom stereocenters. The molecule has 0 spiro atoms. The summed E-state index contributed by atoms with van der Waals surface area (Å²) in [6.45, 7) is 2.63. The molecule has 0 aliphatic carbocycles. The van der Waals surface area contributed by atoms with Gasteiger partial charge in [-0.2, -0.15) is 0 Å². The second-order valence-electron chi connectivity index (χ2n) is 7.50. The van der Waals surface area contributed by atoms with Crippen LogP contribution in [0.15, 0.2) is 18.2 Å². The summed E-state index contributed by atoms with van der Waals surface area (Å²) in [7, 11) is -3.25. The molecule has 1 heterocycles. The van der Waals surface area contributed by atoms with E-state index in [0.29, 0.717) is 29.4 Å². The molecule has 1 N–H and O–H groups in total. The molecule has 30 heavy (non-hydrogen) atoms. The van der Waals surface area contributed by atoms with E-state index in [-0.39, 0.29) is 31.5 Å². The summed E-state index contributed by atoms with van der Waals surface area (Å²) in [6, 6.07) is 5.31. The molecule has 1 aliphatic heterocycles. The van der Waals surface area contributed by atoms with Gasteiger partial charge in [-0.15, -0.1) is 0 Å². The van der Waals surface area contributed by atoms with Crippen molar-refractivity contribution in [2.24, 2.45) is 5.92 Å². The summed E-state index contributed by atoms with van der Waals surface area (Å²) in [5, 5.41) is 3.91. The van der Waals surface area contributed by atoms with Gasteiger partial charge in [0.2, 0.25) is 10.0 Å². The molecule has 1 aromatic carbocycles. The third-order valence-corrected chi connectivity index (χ3v) is 7.05. The highest BCUT2D eigenvalue weighted by atomic mass is 35.5. The van der Waals surface area contributed by atoms with Crippen molar-refractivity contribution in [1.82, 2.24) is 9.62 Å². The highest BCUT2D eigenvalue weighted by Crippen LogP contribution is 2.30. The third kappa shape index (κ3) is 7.41. The second-order valence-corrected chi connectivity index (χ2v) is 10.3. The standard InChI is InChI=1S/C20H28Cl2N2O5S/c1-3-4-15(17-6-5-16(21)11-18(17)22)12-23-19(25)13-29-20(26)14-7-9-24(10-8-14)30(2,27)28/h5-6,11,14-15H,3-4,7-10,12-13H2,1-2H3,(H,23,25). The van der Waals surface area contributed by atoms with Crippen LogP contribution in [0, 0.1) is 5.92 Å². The number of hydrogen-bond donors (Lipinski definition) is 1. The Morgan fingerprint density at radius 2 is 1.93 bits per heavy atom. The molecule has 0 aromatic heterocycles. The largest absolute Gasteiger partial charge is 0.455 e. The molecular weight excluding hydrogens is 451 g/mol. The van der Waals surface area contributed by atoms with Crippen molar-refractivity contribution < 1.29 is 22.7 Å². The molecule has 0 radical (unpaired) electrons. The van der Waals surface area contributed by atoms with E-state index in [1.54, 1.807) is 12.1 Å². The number of halogens is 2. The van der Waals surface area contributed by atoms with Crippen molar-refractivity contribution in [2.45, 2.75) is 38.5 Å². The van der Waals surface area contributed by atoms with E-state index in [9.17, 15) is 18.0 Å². The summed E-state index contributed by atoms with van der Waals surface area (Å²) in [6.07, 6.45) is 3.68. The molecule has 10 heteroatoms. The lowest BCUT2D eigenvalue weighted by molar-refractivity contribution is -0.153. The van der Waals surface area contributed by atoms with E-state index in [4.69, 9.17) is 27.9 Å². The van der Waals surface area contributed by atoms with Crippen LogP contribution < -0.4 is 5.32 Å². The normalized spacial score (nSPS) is 16.8. The van der Waals surface area contributed by atoms with Crippen molar-refractivity contribution >= 4 is 45.1 Å². The number of carbonyl (C=O) groups excluding carboxylic acids is 2. The Morgan fingerprint density at radius 3 is 2.50 bits per heavy atom. The zero-order valence-corrected chi connectivity index (χ0v) is 19.5. The minimum Gasteiger partial charge on any atom is -0.455 e. The number of hydrogen-bond acceptors (Lipinski definition) is 5. The highest BCUT2D eigenvalue weighted by molar-refractivity contribution is 7.88. The van der Waals surface area contributed by atoms with Crippen LogP contribution in [0.4, 0.5) is 0 Å². The van der Waals surface area contributed by atoms with Crippen LogP contribution in [0.5, 0.6) is 0 Å². The summed E-state index contributed by atoms with van der Waals surface area (Å²) in [4.78, 5) is 24.4. The lowest BCUT2D eigenvalue weighted by Crippen LogP contribution is -2.40. The fraction of sp³-hybridized carbons (Fsp3) is 0.600. The van der Waals surface area contributed by atoms with Gasteiger partial charge in [-0.3, -0.25) is 9.59 Å². The lowest BCUT2D eigenvalue weighted by Gasteiger charge is -2.28. The first-order chi connectivity index (χ1) is 14.1. The van der Waals surface area contributed by atoms with Gasteiger partial charge in [-0.05, 0) is 37.0 Å². The minimum atomic E-state index is -3.25. The van der Waals surface area contributed by atoms with Crippen LogP contribution >= 0.6 is 23.2 Å². The maximum absolute atomic E-state index is 12.2. The second kappa shape index (κ2) is 11.3. The number of nitrogens with zero attached hydrogens (tertiary/aromatic N) is 1. The number of esters is 1. The number of sulfonamides is 1. The Bertz CT molecular complexity index is 855. The number of amides is 1. The molecule has 1 atom stereocenters. The first-order valence-electron chi connectivity index (χ1n) is 9.95. The average Bonchev–Trinajstić information content (AvgIpc) is 2.69. The predicted molar refractivity (Wildman–Crippen MR) is 117 cm³/mol. The average molecular weight is 479 g/mol. The number of rotatable bonds is 9. The van der Waals surface area contributed by atoms with Crippen LogP contribution in [0.3, 0.4) is 0 Å². The summed E-state index contributed by atoms with van der Waals surface area (Å²) in [5.74, 6) is -1.22. The van der Waals surface area contributed by atoms with Crippen molar-refractivity contribution in [1.29, 1.82) is 0 Å². The fourth-order valence-corrected chi connectivity index (χ4v) is 4.95. The van der Waals surface area contributed by atoms with Gasteiger partial charge in [0.05, 0.1) is 12.2 Å². The molecule has 1 saturated heterocycles. The quantitative estimate of drug-likeness (QED) is 0.549. The van der Waals surface area contributed by atoms with Gasteiger partial charge >= 0.3 is 5.97 Å². The van der Waals surface area contributed by atoms with Crippen LogP contribution in [0.1, 0.15) is 44.1 Å². The van der Waals surface area contributed by atoms with Crippen molar-refractivity contribution in [3.63, 3.8) is 0 Å². The Hall–Kier alpha value is -1.35. The zero-order chi connectivity index (χ0) is 22.3. The van der Waals surface area contributed by atoms with Crippen LogP contribution in [-0.2, 0) is 24.3 Å². The van der Waals surface area contributed by atoms with E-state index in [1.165, 1.54) is 4.31 Å². The molecular formula is C20H28Cl2N2O5S. The Labute approximate surface area is 188 Å². The SMILES string of the molecule is CCCC(CNC(=O)COC(=O)C1CCN(S(C)(=O)=O)CC1)c1ccc(Cl)cc1Cl. The van der Waals surface area contributed by atoms with E-state index in [0.717, 1.165) is 24.7 Å². The minimum absolute atomic E-state index is 0.0275. The molecule has 0 saturated carbocycles. The van der Waals surface area contributed by atoms with Crippen molar-refractivity contribution in [3.8, 4) is 0 Å². The first kappa shape index (κ1) is 24.9. The molecule has 2 rings (SSSR count). The van der Waals surface area contributed by atoms with E-state index < -0.39 is 21.9 Å². The van der Waals surface area contributed by atoms with Crippen molar-refractivity contribution in [2.75, 3.05) is 32.5 Å². The monoisotopic (exact) mass is 478 g/mol. The van der Waals surface area contributed by atoms with Gasteiger partial charge in [-0.25, -0.2) is 12.7 Å². The zero-order valence-electron chi connectivity index (χ0n) is 17.2. The number of nitrogens with one attached hydrogen (secondary N) is 1. The predicted octanol–water partition coefficient (Wildman–Crippen LogP) is 3.21. The molecule has 1 fully saturated rings. The van der Waals surface area contributed by atoms with Crippen molar-refractivity contribution in [3.05, 3.63) is 33.8 Å². The van der Waals surface area contributed by atoms with Crippen LogP contribution in [-0.4, -0.2) is 57.1 Å². The Balaban J connectivity index is 1.80. The summed E-state index contributed by atoms with van der Waals surface area (Å²) >= 11 is 12.3. The maximum atomic E-state index is 12.2. The number of piperidine rings is 1. The number of benzene rings is 1. The first-order valence-corrected chi connectivity index (χ1v) is 12.6. The summed E-state index contributed by atoms with van der Waals surface area (Å²) in [5.41, 5.74) is 0.915. The van der Waals surface area contributed by atoms with Gasteiger partial charge in [-0.1, -0.05) is 42.6 Å². The molecule has 1 amide bonds. The molecule has 0 bridgehead atoms. The number of carbonyl (C=O) groups is 2. The van der Waals surface area contributed by atoms with E-state index >= 15 is 0 Å². The van der Waals surface area contributed by atoms with Gasteiger partial charge in [0.15, 0.2) is 6.61 Å². The van der Waals surface area contributed by atoms with E-state index in [1.807, 2.05) is 6.07 Å². The van der Waals surface area contributed by atoms with Crippen LogP contribution in [0.25, 0.3) is 0 Å². The fourth-order valence-electron chi connectivity index (χ4n) is 3.51. The van der Waals surface area contributed by atoms with Gasteiger partial charge in [0.25, 0.3) is 5.91 Å². The smallest absolute Gasteiger partial charge is 0.309 e. The third-order valence-electron chi connectivity index (χ3n) is 5.19. The molecule has 1 aliphatic rings. The van der Waals surface area contributed by atoms with Gasteiger partial charge in [0.1, 0.15) is 0 Å². The molecule has 7 nitrogen and oxygen atoms in total. The topological polar surface area (TPSA) is 92.8 Å². The van der Waals surface area contributed by atoms with Gasteiger partial charge in [0, 0.05) is 35.6 Å². The van der Waals surface area contributed by atoms with E-state index in [2.05, 4.69) is 12.2 Å². The lowest BCUT2D eigenvalue weighted by atomic mass is 9.94. The Morgan fingerprint density at radius 1 is 1.27 bits per heavy atom. The number of ether oxygens (including phenoxy) is 1. The van der Waals surface area contributed by atoms with Crippen LogP contribution in [0.2, 0.25) is 10.0 Å². The van der Waals surface area contributed by atoms with Gasteiger partial charge < -0.3 is 10.1 Å². The summed E-state index contributed by atoms with van der Waals surface area (Å²) < 4.78 is 29.6.